The van der Waals surface area contributed by atoms with Crippen molar-refractivity contribution in [3.63, 3.8) is 0 Å². The number of hydrogen-bond acceptors (Lipinski definition) is 14. The number of nitrogens with two attached hydrogens (primary N) is 1. The van der Waals surface area contributed by atoms with Crippen LogP contribution in [-0.2, 0) is 58.9 Å². The van der Waals surface area contributed by atoms with Crippen molar-refractivity contribution >= 4 is 35.6 Å². The average Bonchev–Trinajstić information content (AvgIpc) is 3.30. The van der Waals surface area contributed by atoms with Crippen molar-refractivity contribution in [1.29, 1.82) is 0 Å². The molecule has 2 aliphatic heterocycles. The van der Waals surface area contributed by atoms with Gasteiger partial charge in [0, 0.05) is 24.8 Å². The molecule has 286 valence electrons. The zero-order valence-corrected chi connectivity index (χ0v) is 30.0. The number of ketones is 1. The topological polar surface area (TPSA) is 247 Å². The lowest BCUT2D eigenvalue weighted by Crippen LogP contribution is -2.90. The third-order valence-corrected chi connectivity index (χ3v) is 12.0. The molecule has 0 radical (unpaired) electrons. The highest BCUT2D eigenvalue weighted by molar-refractivity contribution is 5.97. The van der Waals surface area contributed by atoms with Crippen LogP contribution < -0.4 is 11.1 Å². The third-order valence-electron chi connectivity index (χ3n) is 12.0. The minimum absolute atomic E-state index is 0.0129. The summed E-state index contributed by atoms with van der Waals surface area (Å²) in [7, 11) is 1.02. The molecule has 1 amide bonds. The molecule has 2 heterocycles. The Labute approximate surface area is 304 Å². The van der Waals surface area contributed by atoms with Crippen LogP contribution in [0.25, 0.3) is 0 Å². The van der Waals surface area contributed by atoms with E-state index in [2.05, 4.69) is 5.32 Å². The highest BCUT2D eigenvalue weighted by Crippen LogP contribution is 2.73. The maximum absolute atomic E-state index is 14.0. The van der Waals surface area contributed by atoms with Gasteiger partial charge in [-0.2, -0.15) is 0 Å². The average molecular weight is 741 g/mol. The van der Waals surface area contributed by atoms with Crippen LogP contribution in [0.4, 0.5) is 0 Å². The highest BCUT2D eigenvalue weighted by Gasteiger charge is 2.91. The summed E-state index contributed by atoms with van der Waals surface area (Å²) in [6.07, 6.45) is -6.32. The van der Waals surface area contributed by atoms with Gasteiger partial charge < -0.3 is 50.1 Å². The number of carbonyl (C=O) groups is 6. The van der Waals surface area contributed by atoms with E-state index in [0.717, 1.165) is 13.2 Å². The number of benzene rings is 1. The Balaban J connectivity index is 1.36. The summed E-state index contributed by atoms with van der Waals surface area (Å²) in [5.41, 5.74) is 0.909. The quantitative estimate of drug-likeness (QED) is 0.119. The number of methoxy groups -OCH3 is 1. The van der Waals surface area contributed by atoms with Gasteiger partial charge in [-0.1, -0.05) is 42.8 Å². The van der Waals surface area contributed by atoms with E-state index in [1.807, 2.05) is 0 Å². The van der Waals surface area contributed by atoms with Crippen molar-refractivity contribution in [1.82, 2.24) is 5.32 Å². The van der Waals surface area contributed by atoms with Crippen molar-refractivity contribution in [2.75, 3.05) is 20.3 Å². The predicted molar refractivity (Wildman–Crippen MR) is 179 cm³/mol. The van der Waals surface area contributed by atoms with Gasteiger partial charge in [0.15, 0.2) is 18.1 Å². The lowest BCUT2D eigenvalue weighted by Gasteiger charge is -2.70. The zero-order chi connectivity index (χ0) is 38.8. The summed E-state index contributed by atoms with van der Waals surface area (Å²) < 4.78 is 28.5. The van der Waals surface area contributed by atoms with Gasteiger partial charge in [0.25, 0.3) is 5.91 Å². The summed E-state index contributed by atoms with van der Waals surface area (Å²) in [5.74, 6) is -7.93. The zero-order valence-electron chi connectivity index (χ0n) is 30.0. The Bertz CT molecular complexity index is 1810. The second kappa shape index (κ2) is 13.3. The van der Waals surface area contributed by atoms with E-state index in [9.17, 15) is 44.1 Å². The number of fused-ring (bicyclic) bond motifs is 2. The molecule has 5 aliphatic rings. The number of aliphatic hydroxyl groups excluding tert-OH is 2. The lowest BCUT2D eigenvalue weighted by atomic mass is 9.36. The fraction of sp³-hybridized carbons (Fsp3) is 0.568. The van der Waals surface area contributed by atoms with Crippen LogP contribution >= 0.6 is 0 Å². The molecule has 0 aromatic heterocycles. The number of hydrogen-bond donors (Lipinski definition) is 5. The smallest absolute Gasteiger partial charge is 0.349 e. The number of nitrogens with one attached hydrogen (secondary N) is 1. The number of aliphatic carboxylic acids is 1. The molecule has 2 saturated heterocycles. The molecule has 11 atom stereocenters. The molecule has 16 nitrogen and oxygen atoms in total. The minimum atomic E-state index is -2.59. The maximum atomic E-state index is 14.0. The Hall–Kier alpha value is -4.64. The molecule has 4 fully saturated rings. The second-order valence-corrected chi connectivity index (χ2v) is 15.1. The summed E-state index contributed by atoms with van der Waals surface area (Å²) >= 11 is 0. The van der Waals surface area contributed by atoms with E-state index < -0.39 is 113 Å². The number of allylic oxidation sites excluding steroid dienone is 3. The fourth-order valence-corrected chi connectivity index (χ4v) is 10.0. The first kappa shape index (κ1) is 38.1. The third kappa shape index (κ3) is 5.40. The van der Waals surface area contributed by atoms with E-state index >= 15 is 0 Å². The highest BCUT2D eigenvalue weighted by atomic mass is 16.6. The Morgan fingerprint density at radius 1 is 1.13 bits per heavy atom. The van der Waals surface area contributed by atoms with E-state index in [1.165, 1.54) is 0 Å². The van der Waals surface area contributed by atoms with Crippen molar-refractivity contribution in [3.05, 3.63) is 58.9 Å². The van der Waals surface area contributed by atoms with Gasteiger partial charge in [-0.05, 0) is 49.7 Å². The van der Waals surface area contributed by atoms with Gasteiger partial charge in [-0.25, -0.2) is 19.2 Å². The molecule has 3 aliphatic carbocycles. The van der Waals surface area contributed by atoms with Crippen molar-refractivity contribution in [2.24, 2.45) is 28.4 Å². The van der Waals surface area contributed by atoms with Crippen molar-refractivity contribution in [2.45, 2.75) is 88.6 Å². The molecule has 1 aromatic rings. The molecule has 16 heteroatoms. The van der Waals surface area contributed by atoms with Gasteiger partial charge in [-0.3, -0.25) is 9.59 Å². The van der Waals surface area contributed by atoms with E-state index in [-0.39, 0.29) is 25.0 Å². The normalized spacial score (nSPS) is 37.3. The Morgan fingerprint density at radius 3 is 2.43 bits per heavy atom. The van der Waals surface area contributed by atoms with E-state index in [0.29, 0.717) is 16.7 Å². The molecule has 1 spiro atoms. The molecular formula is C37H44N2O14. The number of carboxylic acids is 1. The number of amides is 1. The minimum Gasteiger partial charge on any atom is -0.480 e. The summed E-state index contributed by atoms with van der Waals surface area (Å²) in [6, 6.07) is 7.45. The number of carboxylic acid groups (broad SMARTS) is 1. The monoisotopic (exact) mass is 740 g/mol. The van der Waals surface area contributed by atoms with Gasteiger partial charge in [0.05, 0.1) is 25.2 Å². The molecule has 2 unspecified atom stereocenters. The summed E-state index contributed by atoms with van der Waals surface area (Å²) in [6.45, 7) is 5.42. The van der Waals surface area contributed by atoms with Crippen LogP contribution in [0.15, 0.2) is 53.3 Å². The molecule has 6 rings (SSSR count). The molecule has 1 aromatic carbocycles. The van der Waals surface area contributed by atoms with E-state index in [1.54, 1.807) is 58.0 Å². The largest absolute Gasteiger partial charge is 0.480 e. The number of Topliss-reactive ketones (excluding diaryl/α,β-unsaturated/α-hetero) is 1. The van der Waals surface area contributed by atoms with Crippen molar-refractivity contribution < 1.29 is 67.8 Å². The van der Waals surface area contributed by atoms with Crippen LogP contribution in [0.1, 0.15) is 46.1 Å². The Kier molecular flexibility index (Phi) is 9.59. The molecule has 2 bridgehead atoms. The SMILES string of the molecule is COC(=O)[C@@]12OC[C@]34C([C@@H](O)[C@@H]1O)[C@@]1(C)CC(=O)C(OCC(=O)NC(Cc5ccccc5)C(=O)O)=C(C)[C@@H]1C[C@H]3OC(=O)[C@H](OC(=O)C=C(C)C)[C@@]24N. The van der Waals surface area contributed by atoms with Crippen LogP contribution in [0, 0.1) is 22.7 Å². The van der Waals surface area contributed by atoms with E-state index in [4.69, 9.17) is 29.4 Å². The van der Waals surface area contributed by atoms with Gasteiger partial charge in [0.1, 0.15) is 23.8 Å². The van der Waals surface area contributed by atoms with Gasteiger partial charge in [0.2, 0.25) is 11.7 Å². The first-order valence-electron chi connectivity index (χ1n) is 17.3. The number of aliphatic hydroxyl groups is 2. The van der Waals surface area contributed by atoms with Gasteiger partial charge in [-0.15, -0.1) is 0 Å². The lowest BCUT2D eigenvalue weighted by molar-refractivity contribution is -0.297. The number of rotatable bonds is 10. The Morgan fingerprint density at radius 2 is 1.81 bits per heavy atom. The number of carbonyl (C=O) groups excluding carboxylic acids is 5. The standard InChI is InChI=1S/C37H44N2O14/c1-17(2)11-25(42)53-30-32(47)52-23-13-20-18(3)27(50-15-24(41)39-21(31(45)46)12-19-9-7-6-8-10-19)22(40)14-34(20,4)28-26(43)29(44)36(33(48)49-5)37(30,38)35(23,28)16-51-36/h6-11,20-21,23,26,28-30,43-44H,12-16,38H2,1-5H3,(H,39,41)(H,45,46)/t20-,21?,23+,26+,28?,29-,30-,34-,35+,36-,37-/m0/s1. The van der Waals surface area contributed by atoms with Crippen LogP contribution in [-0.4, -0.2) is 113 Å². The summed E-state index contributed by atoms with van der Waals surface area (Å²) in [5, 5.41) is 36.1. The molecule has 6 N–H and O–H groups in total. The fourth-order valence-electron chi connectivity index (χ4n) is 10.0. The van der Waals surface area contributed by atoms with Crippen LogP contribution in [0.5, 0.6) is 0 Å². The second-order valence-electron chi connectivity index (χ2n) is 15.1. The number of esters is 3. The maximum Gasteiger partial charge on any atom is 0.349 e. The molecule has 2 saturated carbocycles. The van der Waals surface area contributed by atoms with Crippen molar-refractivity contribution in [3.8, 4) is 0 Å². The first-order valence-corrected chi connectivity index (χ1v) is 17.3. The van der Waals surface area contributed by atoms with Gasteiger partial charge >= 0.3 is 23.9 Å². The molecule has 53 heavy (non-hydrogen) atoms. The number of ether oxygens (including phenoxy) is 5. The first-order chi connectivity index (χ1) is 24.9. The summed E-state index contributed by atoms with van der Waals surface area (Å²) in [4.78, 5) is 79.4. The predicted octanol–water partition coefficient (Wildman–Crippen LogP) is -0.131. The van der Waals surface area contributed by atoms with Crippen LogP contribution in [0.2, 0.25) is 0 Å². The van der Waals surface area contributed by atoms with Crippen LogP contribution in [0.3, 0.4) is 0 Å². The molecular weight excluding hydrogens is 696 g/mol.